The summed E-state index contributed by atoms with van der Waals surface area (Å²) in [6.07, 6.45) is 0. The van der Waals surface area contributed by atoms with E-state index in [1.807, 2.05) is 19.2 Å². The molecule has 2 nitrogen and oxygen atoms in total. The normalized spacial score (nSPS) is 11.1. The molecule has 0 bridgehead atoms. The van der Waals surface area contributed by atoms with Gasteiger partial charge in [0.2, 0.25) is 0 Å². The largest absolute Gasteiger partial charge is 0.491 e. The van der Waals surface area contributed by atoms with Crippen LogP contribution in [-0.4, -0.2) is 13.7 Å². The second kappa shape index (κ2) is 6.15. The van der Waals surface area contributed by atoms with E-state index < -0.39 is 0 Å². The predicted molar refractivity (Wildman–Crippen MR) is 75.4 cm³/mol. The Balaban J connectivity index is 3.12. The molecule has 0 fully saturated rings. The van der Waals surface area contributed by atoms with Gasteiger partial charge in [0, 0.05) is 17.6 Å². The molecule has 1 N–H and O–H groups in total. The number of ether oxygens (including phenoxy) is 1. The van der Waals surface area contributed by atoms with Gasteiger partial charge in [0.05, 0.1) is 12.3 Å². The highest BCUT2D eigenvalue weighted by atomic mass is 35.5. The van der Waals surface area contributed by atoms with E-state index in [-0.39, 0.29) is 0 Å². The van der Waals surface area contributed by atoms with Gasteiger partial charge in [-0.1, -0.05) is 39.3 Å². The summed E-state index contributed by atoms with van der Waals surface area (Å²) in [5.41, 5.74) is 2.12. The SMILES string of the molecule is CNc1cc(Cl)cc(C(C)C)c1OCC(C)C. The lowest BCUT2D eigenvalue weighted by Crippen LogP contribution is -2.09. The molecule has 17 heavy (non-hydrogen) atoms. The molecule has 0 aliphatic heterocycles. The molecule has 0 saturated carbocycles. The Bertz CT molecular complexity index is 375. The van der Waals surface area contributed by atoms with Crippen molar-refractivity contribution in [2.75, 3.05) is 19.0 Å². The number of hydrogen-bond donors (Lipinski definition) is 1. The minimum absolute atomic E-state index is 0.392. The summed E-state index contributed by atoms with van der Waals surface area (Å²) in [5.74, 6) is 1.83. The van der Waals surface area contributed by atoms with Crippen LogP contribution < -0.4 is 10.1 Å². The standard InChI is InChI=1S/C14H22ClNO/c1-9(2)8-17-14-12(10(3)4)6-11(15)7-13(14)16-5/h6-7,9-10,16H,8H2,1-5H3. The summed E-state index contributed by atoms with van der Waals surface area (Å²) in [5, 5.41) is 3.89. The van der Waals surface area contributed by atoms with Gasteiger partial charge in [-0.05, 0) is 24.0 Å². The lowest BCUT2D eigenvalue weighted by Gasteiger charge is -2.19. The van der Waals surface area contributed by atoms with Crippen LogP contribution >= 0.6 is 11.6 Å². The fourth-order valence-corrected chi connectivity index (χ4v) is 1.87. The number of rotatable bonds is 5. The molecule has 0 atom stereocenters. The summed E-state index contributed by atoms with van der Waals surface area (Å²) < 4.78 is 5.92. The molecule has 0 spiro atoms. The quantitative estimate of drug-likeness (QED) is 0.834. The number of hydrogen-bond acceptors (Lipinski definition) is 2. The molecular formula is C14H22ClNO. The lowest BCUT2D eigenvalue weighted by molar-refractivity contribution is 0.269. The minimum Gasteiger partial charge on any atom is -0.491 e. The van der Waals surface area contributed by atoms with Crippen molar-refractivity contribution in [1.29, 1.82) is 0 Å². The van der Waals surface area contributed by atoms with Crippen LogP contribution in [-0.2, 0) is 0 Å². The van der Waals surface area contributed by atoms with Gasteiger partial charge in [0.15, 0.2) is 0 Å². The van der Waals surface area contributed by atoms with Crippen molar-refractivity contribution in [1.82, 2.24) is 0 Å². The summed E-state index contributed by atoms with van der Waals surface area (Å²) >= 11 is 6.11. The first-order valence-electron chi connectivity index (χ1n) is 6.09. The third-order valence-corrected chi connectivity index (χ3v) is 2.75. The van der Waals surface area contributed by atoms with Crippen molar-refractivity contribution >= 4 is 17.3 Å². The Morgan fingerprint density at radius 2 is 1.88 bits per heavy atom. The zero-order valence-corrected chi connectivity index (χ0v) is 12.1. The van der Waals surface area contributed by atoms with Crippen molar-refractivity contribution in [3.63, 3.8) is 0 Å². The van der Waals surface area contributed by atoms with Crippen LogP contribution in [0.25, 0.3) is 0 Å². The highest BCUT2D eigenvalue weighted by Crippen LogP contribution is 2.37. The van der Waals surface area contributed by atoms with Crippen LogP contribution in [0.5, 0.6) is 5.75 Å². The third-order valence-electron chi connectivity index (χ3n) is 2.53. The van der Waals surface area contributed by atoms with E-state index in [9.17, 15) is 0 Å². The van der Waals surface area contributed by atoms with Crippen LogP contribution in [0, 0.1) is 5.92 Å². The molecular weight excluding hydrogens is 234 g/mol. The smallest absolute Gasteiger partial charge is 0.145 e. The van der Waals surface area contributed by atoms with Gasteiger partial charge in [0.1, 0.15) is 5.75 Å². The Kier molecular flexibility index (Phi) is 5.13. The number of nitrogens with one attached hydrogen (secondary N) is 1. The summed E-state index contributed by atoms with van der Waals surface area (Å²) in [6, 6.07) is 3.89. The molecule has 0 unspecified atom stereocenters. The topological polar surface area (TPSA) is 21.3 Å². The van der Waals surface area contributed by atoms with E-state index in [2.05, 4.69) is 33.0 Å². The third kappa shape index (κ3) is 3.81. The first-order valence-corrected chi connectivity index (χ1v) is 6.47. The van der Waals surface area contributed by atoms with Gasteiger partial charge in [-0.3, -0.25) is 0 Å². The average Bonchev–Trinajstić information content (AvgIpc) is 2.25. The fourth-order valence-electron chi connectivity index (χ4n) is 1.64. The maximum Gasteiger partial charge on any atom is 0.145 e. The zero-order chi connectivity index (χ0) is 13.0. The lowest BCUT2D eigenvalue weighted by atomic mass is 10.0. The van der Waals surface area contributed by atoms with Gasteiger partial charge in [-0.15, -0.1) is 0 Å². The first kappa shape index (κ1) is 14.2. The van der Waals surface area contributed by atoms with Gasteiger partial charge >= 0.3 is 0 Å². The van der Waals surface area contributed by atoms with E-state index >= 15 is 0 Å². The van der Waals surface area contributed by atoms with Crippen LogP contribution in [0.4, 0.5) is 5.69 Å². The Morgan fingerprint density at radius 3 is 2.35 bits per heavy atom. The highest BCUT2D eigenvalue weighted by molar-refractivity contribution is 6.31. The molecule has 96 valence electrons. The molecule has 0 aliphatic rings. The molecule has 0 aliphatic carbocycles. The van der Waals surface area contributed by atoms with Gasteiger partial charge in [-0.25, -0.2) is 0 Å². The molecule has 0 radical (unpaired) electrons. The molecule has 0 aromatic heterocycles. The molecule has 0 saturated heterocycles. The average molecular weight is 256 g/mol. The van der Waals surface area contributed by atoms with Crippen molar-refractivity contribution in [2.45, 2.75) is 33.6 Å². The van der Waals surface area contributed by atoms with E-state index in [1.54, 1.807) is 0 Å². The van der Waals surface area contributed by atoms with Crippen LogP contribution in [0.2, 0.25) is 5.02 Å². The number of anilines is 1. The van der Waals surface area contributed by atoms with Gasteiger partial charge in [0.25, 0.3) is 0 Å². The van der Waals surface area contributed by atoms with Crippen molar-refractivity contribution in [2.24, 2.45) is 5.92 Å². The molecule has 0 heterocycles. The molecule has 3 heteroatoms. The number of halogens is 1. The predicted octanol–water partition coefficient (Wildman–Crippen LogP) is 4.54. The van der Waals surface area contributed by atoms with E-state index in [4.69, 9.17) is 16.3 Å². The first-order chi connectivity index (χ1) is 7.95. The molecule has 1 aromatic carbocycles. The van der Waals surface area contributed by atoms with Crippen LogP contribution in [0.3, 0.4) is 0 Å². The van der Waals surface area contributed by atoms with Crippen molar-refractivity contribution in [3.05, 3.63) is 22.7 Å². The Hall–Kier alpha value is -0.890. The van der Waals surface area contributed by atoms with Gasteiger partial charge < -0.3 is 10.1 Å². The molecule has 1 aromatic rings. The maximum absolute atomic E-state index is 6.11. The highest BCUT2D eigenvalue weighted by Gasteiger charge is 2.14. The molecule has 0 amide bonds. The van der Waals surface area contributed by atoms with Crippen LogP contribution in [0.1, 0.15) is 39.2 Å². The second-order valence-corrected chi connectivity index (χ2v) is 5.42. The Labute approximate surface area is 109 Å². The fraction of sp³-hybridized carbons (Fsp3) is 0.571. The van der Waals surface area contributed by atoms with Gasteiger partial charge in [-0.2, -0.15) is 0 Å². The van der Waals surface area contributed by atoms with E-state index in [1.165, 1.54) is 0 Å². The summed E-state index contributed by atoms with van der Waals surface area (Å²) in [6.45, 7) is 9.30. The Morgan fingerprint density at radius 1 is 1.24 bits per heavy atom. The maximum atomic E-state index is 6.11. The monoisotopic (exact) mass is 255 g/mol. The molecule has 1 rings (SSSR count). The summed E-state index contributed by atoms with van der Waals surface area (Å²) in [7, 11) is 1.89. The minimum atomic E-state index is 0.392. The van der Waals surface area contributed by atoms with E-state index in [0.29, 0.717) is 11.8 Å². The summed E-state index contributed by atoms with van der Waals surface area (Å²) in [4.78, 5) is 0. The van der Waals surface area contributed by atoms with Crippen LogP contribution in [0.15, 0.2) is 12.1 Å². The zero-order valence-electron chi connectivity index (χ0n) is 11.3. The second-order valence-electron chi connectivity index (χ2n) is 4.98. The van der Waals surface area contributed by atoms with Crippen molar-refractivity contribution < 1.29 is 4.74 Å². The number of benzene rings is 1. The van der Waals surface area contributed by atoms with Crippen molar-refractivity contribution in [3.8, 4) is 5.75 Å². The van der Waals surface area contributed by atoms with E-state index in [0.717, 1.165) is 28.6 Å².